The average molecular weight is 500 g/mol. The predicted molar refractivity (Wildman–Crippen MR) is 152 cm³/mol. The molecule has 1 fully saturated rings. The normalized spacial score (nSPS) is 23.9. The van der Waals surface area contributed by atoms with Gasteiger partial charge in [-0.3, -0.25) is 4.98 Å². The monoisotopic (exact) mass is 499 g/mol. The molecule has 1 saturated heterocycles. The van der Waals surface area contributed by atoms with Gasteiger partial charge in [-0.1, -0.05) is 33.8 Å². The van der Waals surface area contributed by atoms with Gasteiger partial charge in [0.1, 0.15) is 5.52 Å². The number of imidazole rings is 1. The number of fused-ring (bicyclic) bond motifs is 1. The standard InChI is InChI=1S/C30H41N7/c1-7-21-8-9-24(30(4,5)6)10-11-25(21)33-28-26-27(32-19-37(26)20(2)3)34-29(35-28)36-17-14-23(18-36)22-12-15-31-16-13-22/h10-13,15-16,19-21,23-24H,7-9,14,17-18H2,1-6H3. The van der Waals surface area contributed by atoms with Crippen molar-refractivity contribution in [1.29, 1.82) is 0 Å². The molecule has 7 heteroatoms. The zero-order valence-electron chi connectivity index (χ0n) is 23.2. The maximum absolute atomic E-state index is 5.28. The summed E-state index contributed by atoms with van der Waals surface area (Å²) in [7, 11) is 0. The van der Waals surface area contributed by atoms with Gasteiger partial charge in [-0.05, 0) is 74.6 Å². The van der Waals surface area contributed by atoms with Crippen LogP contribution in [0.2, 0.25) is 0 Å². The molecule has 3 atom stereocenters. The average Bonchev–Trinajstić information content (AvgIpc) is 3.48. The molecule has 0 amide bonds. The van der Waals surface area contributed by atoms with Gasteiger partial charge in [-0.25, -0.2) is 9.98 Å². The highest BCUT2D eigenvalue weighted by atomic mass is 15.3. The molecule has 7 nitrogen and oxygen atoms in total. The van der Waals surface area contributed by atoms with Crippen molar-refractivity contribution in [3.8, 4) is 0 Å². The highest BCUT2D eigenvalue weighted by molar-refractivity contribution is 6.00. The third-order valence-corrected chi connectivity index (χ3v) is 8.19. The maximum Gasteiger partial charge on any atom is 0.229 e. The van der Waals surface area contributed by atoms with Crippen molar-refractivity contribution in [2.24, 2.45) is 22.2 Å². The lowest BCUT2D eigenvalue weighted by Gasteiger charge is -2.27. The zero-order chi connectivity index (χ0) is 26.2. The number of hydrogen-bond acceptors (Lipinski definition) is 6. The third-order valence-electron chi connectivity index (χ3n) is 8.19. The van der Waals surface area contributed by atoms with Crippen LogP contribution in [0, 0.1) is 17.3 Å². The van der Waals surface area contributed by atoms with Crippen LogP contribution in [0.25, 0.3) is 11.2 Å². The van der Waals surface area contributed by atoms with Gasteiger partial charge < -0.3 is 9.47 Å². The van der Waals surface area contributed by atoms with Crippen LogP contribution in [0.1, 0.15) is 84.7 Å². The molecular weight excluding hydrogens is 458 g/mol. The van der Waals surface area contributed by atoms with Gasteiger partial charge in [0.2, 0.25) is 5.95 Å². The molecule has 0 aromatic carbocycles. The van der Waals surface area contributed by atoms with Crippen molar-refractivity contribution < 1.29 is 0 Å². The summed E-state index contributed by atoms with van der Waals surface area (Å²) in [5, 5.41) is 0. The van der Waals surface area contributed by atoms with E-state index in [0.29, 0.717) is 17.8 Å². The fourth-order valence-corrected chi connectivity index (χ4v) is 5.74. The molecule has 196 valence electrons. The van der Waals surface area contributed by atoms with Gasteiger partial charge >= 0.3 is 0 Å². The summed E-state index contributed by atoms with van der Waals surface area (Å²) < 4.78 is 2.15. The van der Waals surface area contributed by atoms with Gasteiger partial charge in [0.15, 0.2) is 11.5 Å². The molecule has 0 N–H and O–H groups in total. The molecule has 3 aromatic heterocycles. The van der Waals surface area contributed by atoms with Crippen LogP contribution in [0.3, 0.4) is 0 Å². The lowest BCUT2D eigenvalue weighted by atomic mass is 9.78. The van der Waals surface area contributed by atoms with E-state index in [1.807, 2.05) is 18.7 Å². The molecule has 0 saturated carbocycles. The highest BCUT2D eigenvalue weighted by Crippen LogP contribution is 2.37. The Bertz CT molecular complexity index is 1280. The molecule has 0 bridgehead atoms. The lowest BCUT2D eigenvalue weighted by Crippen LogP contribution is -2.22. The van der Waals surface area contributed by atoms with Crippen LogP contribution in [-0.2, 0) is 0 Å². The van der Waals surface area contributed by atoms with E-state index in [1.54, 1.807) is 0 Å². The topological polar surface area (TPSA) is 72.1 Å². The number of anilines is 1. The quantitative estimate of drug-likeness (QED) is 0.381. The van der Waals surface area contributed by atoms with Crippen LogP contribution >= 0.6 is 0 Å². The van der Waals surface area contributed by atoms with Crippen LogP contribution in [0.5, 0.6) is 0 Å². The fourth-order valence-electron chi connectivity index (χ4n) is 5.74. The second-order valence-electron chi connectivity index (χ2n) is 12.0. The number of pyridine rings is 1. The Morgan fingerprint density at radius 3 is 2.57 bits per heavy atom. The second kappa shape index (κ2) is 10.3. The first-order chi connectivity index (χ1) is 17.7. The van der Waals surface area contributed by atoms with E-state index in [9.17, 15) is 0 Å². The lowest BCUT2D eigenvalue weighted by molar-refractivity contribution is 0.269. The van der Waals surface area contributed by atoms with Crippen molar-refractivity contribution in [2.45, 2.75) is 79.2 Å². The summed E-state index contributed by atoms with van der Waals surface area (Å²) in [5.74, 6) is 2.90. The molecule has 5 rings (SSSR count). The highest BCUT2D eigenvalue weighted by Gasteiger charge is 2.29. The van der Waals surface area contributed by atoms with E-state index >= 15 is 0 Å². The summed E-state index contributed by atoms with van der Waals surface area (Å²) in [5.41, 5.74) is 4.36. The number of aromatic nitrogens is 5. The van der Waals surface area contributed by atoms with Crippen LogP contribution in [-0.4, -0.2) is 43.3 Å². The third kappa shape index (κ3) is 5.32. The maximum atomic E-state index is 5.28. The van der Waals surface area contributed by atoms with Crippen molar-refractivity contribution in [3.05, 3.63) is 48.6 Å². The van der Waals surface area contributed by atoms with Gasteiger partial charge in [0, 0.05) is 49.1 Å². The van der Waals surface area contributed by atoms with Gasteiger partial charge in [0.25, 0.3) is 0 Å². The fraction of sp³-hybridized carbons (Fsp3) is 0.567. The van der Waals surface area contributed by atoms with Gasteiger partial charge in [0.05, 0.1) is 6.33 Å². The largest absolute Gasteiger partial charge is 0.340 e. The summed E-state index contributed by atoms with van der Waals surface area (Å²) in [6.45, 7) is 15.4. The van der Waals surface area contributed by atoms with E-state index in [1.165, 1.54) is 12.0 Å². The Balaban J connectivity index is 1.56. The molecule has 1 aliphatic carbocycles. The van der Waals surface area contributed by atoms with Crippen molar-refractivity contribution in [2.75, 3.05) is 18.0 Å². The van der Waals surface area contributed by atoms with Gasteiger partial charge in [-0.2, -0.15) is 9.97 Å². The second-order valence-corrected chi connectivity index (χ2v) is 12.0. The Kier molecular flexibility index (Phi) is 7.15. The molecule has 0 spiro atoms. The Labute approximate surface area is 221 Å². The van der Waals surface area contributed by atoms with E-state index in [2.05, 4.69) is 80.3 Å². The number of hydrogen-bond donors (Lipinski definition) is 0. The first-order valence-electron chi connectivity index (χ1n) is 13.9. The summed E-state index contributed by atoms with van der Waals surface area (Å²) >= 11 is 0. The van der Waals surface area contributed by atoms with Crippen molar-refractivity contribution in [3.63, 3.8) is 0 Å². The molecule has 0 radical (unpaired) electrons. The summed E-state index contributed by atoms with van der Waals surface area (Å²) in [6.07, 6.45) is 14.8. The minimum Gasteiger partial charge on any atom is -0.340 e. The number of nitrogens with zero attached hydrogens (tertiary/aromatic N) is 7. The smallest absolute Gasteiger partial charge is 0.229 e. The zero-order valence-corrected chi connectivity index (χ0v) is 23.2. The van der Waals surface area contributed by atoms with E-state index in [0.717, 1.165) is 61.0 Å². The number of aliphatic imine (C=N–C) groups is 1. The van der Waals surface area contributed by atoms with E-state index in [-0.39, 0.29) is 11.5 Å². The molecule has 2 aliphatic rings. The summed E-state index contributed by atoms with van der Waals surface area (Å²) in [6, 6.07) is 4.49. The van der Waals surface area contributed by atoms with Crippen LogP contribution in [0.4, 0.5) is 11.8 Å². The SMILES string of the molecule is CCC1CCC(C(C)(C)C)C=CC1=Nc1nc(N2CCC(c3ccncc3)C2)nc2ncn(C(C)C)c12. The number of rotatable bonds is 5. The molecule has 3 unspecified atom stereocenters. The first-order valence-corrected chi connectivity index (χ1v) is 13.9. The summed E-state index contributed by atoms with van der Waals surface area (Å²) in [4.78, 5) is 26.5. The van der Waals surface area contributed by atoms with Gasteiger partial charge in [-0.15, -0.1) is 0 Å². The Morgan fingerprint density at radius 1 is 1.08 bits per heavy atom. The van der Waals surface area contributed by atoms with E-state index in [4.69, 9.17) is 19.9 Å². The van der Waals surface area contributed by atoms with E-state index < -0.39 is 0 Å². The van der Waals surface area contributed by atoms with Crippen LogP contribution in [0.15, 0.2) is 48.0 Å². The molecule has 3 aromatic rings. The van der Waals surface area contributed by atoms with Crippen molar-refractivity contribution >= 4 is 28.6 Å². The number of allylic oxidation sites excluding steroid dienone is 2. The van der Waals surface area contributed by atoms with Crippen LogP contribution < -0.4 is 4.90 Å². The Hall–Kier alpha value is -3.09. The van der Waals surface area contributed by atoms with Crippen molar-refractivity contribution in [1.82, 2.24) is 24.5 Å². The molecule has 4 heterocycles. The molecule has 1 aliphatic heterocycles. The first kappa shape index (κ1) is 25.6. The Morgan fingerprint density at radius 2 is 1.86 bits per heavy atom. The minimum atomic E-state index is 0.247. The molecule has 37 heavy (non-hydrogen) atoms. The predicted octanol–water partition coefficient (Wildman–Crippen LogP) is 6.91. The minimum absolute atomic E-state index is 0.247. The molecular formula is C30H41N7.